The zero-order valence-electron chi connectivity index (χ0n) is 14.8. The standard InChI is InChI=1S/C20H23NO5/c1-14(16-10-6-7-11-18(16)25-2)12-17(19(22)23)21-20(24)26-13-15-8-4-3-5-9-15/h3-11,14,17H,12-13H2,1-2H3,(H,21,24)(H,22,23). The highest BCUT2D eigenvalue weighted by molar-refractivity contribution is 5.80. The van der Waals surface area contributed by atoms with Gasteiger partial charge in [-0.3, -0.25) is 0 Å². The van der Waals surface area contributed by atoms with Crippen LogP contribution in [0.25, 0.3) is 0 Å². The molecule has 2 aromatic rings. The summed E-state index contributed by atoms with van der Waals surface area (Å²) >= 11 is 0. The van der Waals surface area contributed by atoms with Crippen LogP contribution >= 0.6 is 0 Å². The Balaban J connectivity index is 1.95. The van der Waals surface area contributed by atoms with E-state index in [1.165, 1.54) is 0 Å². The zero-order valence-corrected chi connectivity index (χ0v) is 14.8. The Bertz CT molecular complexity index is 732. The summed E-state index contributed by atoms with van der Waals surface area (Å²) in [6, 6.07) is 15.6. The molecule has 2 atom stereocenters. The molecule has 0 fully saturated rings. The Morgan fingerprint density at radius 2 is 1.73 bits per heavy atom. The SMILES string of the molecule is COc1ccccc1C(C)CC(NC(=O)OCc1ccccc1)C(=O)O. The number of alkyl carbamates (subject to hydrolysis) is 1. The van der Waals surface area contributed by atoms with Crippen LogP contribution in [0.15, 0.2) is 54.6 Å². The number of carboxylic acids is 1. The highest BCUT2D eigenvalue weighted by atomic mass is 16.5. The third-order valence-corrected chi connectivity index (χ3v) is 4.06. The third kappa shape index (κ3) is 5.51. The number of aliphatic carboxylic acids is 1. The van der Waals surface area contributed by atoms with Crippen molar-refractivity contribution in [2.45, 2.75) is 31.9 Å². The molecule has 1 amide bonds. The van der Waals surface area contributed by atoms with E-state index >= 15 is 0 Å². The molecule has 0 bridgehead atoms. The Labute approximate surface area is 152 Å². The van der Waals surface area contributed by atoms with Crippen molar-refractivity contribution >= 4 is 12.1 Å². The first-order chi connectivity index (χ1) is 12.5. The van der Waals surface area contributed by atoms with Crippen LogP contribution in [0, 0.1) is 0 Å². The molecule has 0 saturated heterocycles. The number of hydrogen-bond acceptors (Lipinski definition) is 4. The van der Waals surface area contributed by atoms with Gasteiger partial charge in [0.25, 0.3) is 0 Å². The van der Waals surface area contributed by atoms with Crippen molar-refractivity contribution in [2.24, 2.45) is 0 Å². The smallest absolute Gasteiger partial charge is 0.408 e. The summed E-state index contributed by atoms with van der Waals surface area (Å²) in [5.41, 5.74) is 1.72. The summed E-state index contributed by atoms with van der Waals surface area (Å²) in [7, 11) is 1.57. The number of carboxylic acid groups (broad SMARTS) is 1. The van der Waals surface area contributed by atoms with E-state index in [0.29, 0.717) is 5.75 Å². The third-order valence-electron chi connectivity index (χ3n) is 4.06. The van der Waals surface area contributed by atoms with E-state index in [1.807, 2.05) is 61.5 Å². The molecule has 26 heavy (non-hydrogen) atoms. The zero-order chi connectivity index (χ0) is 18.9. The number of para-hydroxylation sites is 1. The molecular formula is C20H23NO5. The summed E-state index contributed by atoms with van der Waals surface area (Å²) in [6.07, 6.45) is -0.538. The molecule has 0 saturated carbocycles. The molecule has 6 heteroatoms. The van der Waals surface area contributed by atoms with Gasteiger partial charge in [-0.15, -0.1) is 0 Å². The van der Waals surface area contributed by atoms with Crippen LogP contribution in [-0.2, 0) is 16.1 Å². The average Bonchev–Trinajstić information content (AvgIpc) is 2.66. The average molecular weight is 357 g/mol. The lowest BCUT2D eigenvalue weighted by molar-refractivity contribution is -0.139. The summed E-state index contributed by atoms with van der Waals surface area (Å²) < 4.78 is 10.4. The van der Waals surface area contributed by atoms with Crippen molar-refractivity contribution in [3.05, 3.63) is 65.7 Å². The van der Waals surface area contributed by atoms with Gasteiger partial charge in [0.2, 0.25) is 0 Å². The molecule has 2 N–H and O–H groups in total. The number of ether oxygens (including phenoxy) is 2. The number of amides is 1. The highest BCUT2D eigenvalue weighted by Gasteiger charge is 2.25. The predicted octanol–water partition coefficient (Wildman–Crippen LogP) is 3.57. The lowest BCUT2D eigenvalue weighted by Crippen LogP contribution is -2.41. The van der Waals surface area contributed by atoms with E-state index in [1.54, 1.807) is 7.11 Å². The number of nitrogens with one attached hydrogen (secondary N) is 1. The largest absolute Gasteiger partial charge is 0.496 e. The minimum atomic E-state index is -1.11. The maximum absolute atomic E-state index is 12.0. The second kappa shape index (κ2) is 9.46. The van der Waals surface area contributed by atoms with Gasteiger partial charge in [-0.1, -0.05) is 55.5 Å². The van der Waals surface area contributed by atoms with Crippen LogP contribution in [0.3, 0.4) is 0 Å². The van der Waals surface area contributed by atoms with Gasteiger partial charge < -0.3 is 19.9 Å². The lowest BCUT2D eigenvalue weighted by Gasteiger charge is -2.20. The van der Waals surface area contributed by atoms with Crippen molar-refractivity contribution in [1.82, 2.24) is 5.32 Å². The topological polar surface area (TPSA) is 84.9 Å². The molecule has 2 unspecified atom stereocenters. The fourth-order valence-corrected chi connectivity index (χ4v) is 2.68. The summed E-state index contributed by atoms with van der Waals surface area (Å²) in [5, 5.41) is 11.9. The molecule has 0 aromatic heterocycles. The highest BCUT2D eigenvalue weighted by Crippen LogP contribution is 2.29. The molecule has 0 aliphatic heterocycles. The van der Waals surface area contributed by atoms with Crippen molar-refractivity contribution in [1.29, 1.82) is 0 Å². The lowest BCUT2D eigenvalue weighted by atomic mass is 9.93. The van der Waals surface area contributed by atoms with Crippen LogP contribution in [-0.4, -0.2) is 30.3 Å². The summed E-state index contributed by atoms with van der Waals surface area (Å²) in [6.45, 7) is 1.98. The summed E-state index contributed by atoms with van der Waals surface area (Å²) in [4.78, 5) is 23.5. The molecule has 6 nitrogen and oxygen atoms in total. The van der Waals surface area contributed by atoms with Crippen molar-refractivity contribution < 1.29 is 24.2 Å². The van der Waals surface area contributed by atoms with Gasteiger partial charge in [-0.2, -0.15) is 0 Å². The molecule has 0 spiro atoms. The Kier molecular flexibility index (Phi) is 7.02. The second-order valence-corrected chi connectivity index (χ2v) is 5.98. The quantitative estimate of drug-likeness (QED) is 0.754. The number of rotatable bonds is 8. The monoisotopic (exact) mass is 357 g/mol. The second-order valence-electron chi connectivity index (χ2n) is 5.98. The minimum absolute atomic E-state index is 0.0844. The first kappa shape index (κ1) is 19.3. The normalized spacial score (nSPS) is 12.7. The van der Waals surface area contributed by atoms with E-state index in [2.05, 4.69) is 5.32 Å². The Hall–Kier alpha value is -3.02. The van der Waals surface area contributed by atoms with Crippen molar-refractivity contribution in [2.75, 3.05) is 7.11 Å². The van der Waals surface area contributed by atoms with Gasteiger partial charge in [0.05, 0.1) is 7.11 Å². The van der Waals surface area contributed by atoms with Crippen LogP contribution in [0.2, 0.25) is 0 Å². The number of benzene rings is 2. The number of methoxy groups -OCH3 is 1. The fourth-order valence-electron chi connectivity index (χ4n) is 2.68. The number of carbonyl (C=O) groups is 2. The molecule has 138 valence electrons. The van der Waals surface area contributed by atoms with Crippen molar-refractivity contribution in [3.63, 3.8) is 0 Å². The van der Waals surface area contributed by atoms with Crippen LogP contribution in [0.4, 0.5) is 4.79 Å². The number of hydrogen-bond donors (Lipinski definition) is 2. The molecule has 0 heterocycles. The van der Waals surface area contributed by atoms with Gasteiger partial charge in [-0.05, 0) is 29.5 Å². The summed E-state index contributed by atoms with van der Waals surface area (Å²) in [5.74, 6) is -0.541. The first-order valence-corrected chi connectivity index (χ1v) is 8.34. The molecule has 2 aromatic carbocycles. The van der Waals surface area contributed by atoms with Gasteiger partial charge in [0.15, 0.2) is 0 Å². The molecule has 2 rings (SSSR count). The van der Waals surface area contributed by atoms with Gasteiger partial charge >= 0.3 is 12.1 Å². The number of carbonyl (C=O) groups excluding carboxylic acids is 1. The maximum Gasteiger partial charge on any atom is 0.408 e. The van der Waals surface area contributed by atoms with Gasteiger partial charge in [0, 0.05) is 0 Å². The van der Waals surface area contributed by atoms with Crippen LogP contribution < -0.4 is 10.1 Å². The van der Waals surface area contributed by atoms with Crippen LogP contribution in [0.1, 0.15) is 30.4 Å². The molecule has 0 aliphatic rings. The van der Waals surface area contributed by atoms with E-state index < -0.39 is 18.1 Å². The van der Waals surface area contributed by atoms with E-state index in [9.17, 15) is 14.7 Å². The predicted molar refractivity (Wildman–Crippen MR) is 97.2 cm³/mol. The van der Waals surface area contributed by atoms with E-state index in [0.717, 1.165) is 11.1 Å². The molecular weight excluding hydrogens is 334 g/mol. The van der Waals surface area contributed by atoms with Crippen LogP contribution in [0.5, 0.6) is 5.75 Å². The Morgan fingerprint density at radius 1 is 1.08 bits per heavy atom. The van der Waals surface area contributed by atoms with Crippen molar-refractivity contribution in [3.8, 4) is 5.75 Å². The van der Waals surface area contributed by atoms with Gasteiger partial charge in [-0.25, -0.2) is 9.59 Å². The minimum Gasteiger partial charge on any atom is -0.496 e. The van der Waals surface area contributed by atoms with Gasteiger partial charge in [0.1, 0.15) is 18.4 Å². The molecule has 0 radical (unpaired) electrons. The van der Waals surface area contributed by atoms with E-state index in [-0.39, 0.29) is 18.9 Å². The molecule has 0 aliphatic carbocycles. The first-order valence-electron chi connectivity index (χ1n) is 8.34. The Morgan fingerprint density at radius 3 is 2.38 bits per heavy atom. The fraction of sp³-hybridized carbons (Fsp3) is 0.300. The van der Waals surface area contributed by atoms with E-state index in [4.69, 9.17) is 9.47 Å². The maximum atomic E-state index is 12.0.